The van der Waals surface area contributed by atoms with Crippen molar-refractivity contribution in [3.8, 4) is 0 Å². The van der Waals surface area contributed by atoms with E-state index in [1.807, 2.05) is 24.4 Å². The smallest absolute Gasteiger partial charge is 0.230 e. The molecule has 0 saturated carbocycles. The average molecular weight is 258 g/mol. The predicted octanol–water partition coefficient (Wildman–Crippen LogP) is 1.83. The molecule has 0 fully saturated rings. The summed E-state index contributed by atoms with van der Waals surface area (Å²) in [6, 6.07) is 4.24. The number of rotatable bonds is 7. The maximum atomic E-state index is 11.4. The van der Waals surface area contributed by atoms with Crippen LogP contribution in [0.3, 0.4) is 0 Å². The Labute approximate surface area is 105 Å². The molecule has 1 aromatic heterocycles. The second-order valence-electron chi connectivity index (χ2n) is 3.67. The molecule has 0 saturated heterocycles. The molecule has 1 amide bonds. The third-order valence-corrected chi connectivity index (χ3v) is 3.86. The summed E-state index contributed by atoms with van der Waals surface area (Å²) in [5.41, 5.74) is 5.62. The van der Waals surface area contributed by atoms with Gasteiger partial charge >= 0.3 is 0 Å². The van der Waals surface area contributed by atoms with Crippen LogP contribution in [0.4, 0.5) is 0 Å². The van der Waals surface area contributed by atoms with Crippen LogP contribution in [0, 0.1) is 0 Å². The summed E-state index contributed by atoms with van der Waals surface area (Å²) in [5, 5.41) is 4.91. The maximum Gasteiger partial charge on any atom is 0.230 e. The molecule has 90 valence electrons. The van der Waals surface area contributed by atoms with Gasteiger partial charge in [0.15, 0.2) is 0 Å². The van der Waals surface area contributed by atoms with Gasteiger partial charge in [-0.25, -0.2) is 0 Å². The van der Waals surface area contributed by atoms with Crippen molar-refractivity contribution in [2.75, 3.05) is 11.5 Å². The first-order valence-electron chi connectivity index (χ1n) is 5.31. The molecule has 0 aliphatic heterocycles. The minimum atomic E-state index is 0.100. The molecule has 1 rings (SSSR count). The molecule has 3 nitrogen and oxygen atoms in total. The van der Waals surface area contributed by atoms with E-state index in [-0.39, 0.29) is 11.9 Å². The molecule has 3 N–H and O–H groups in total. The van der Waals surface area contributed by atoms with Crippen molar-refractivity contribution in [3.63, 3.8) is 0 Å². The number of amides is 1. The Morgan fingerprint density at radius 2 is 2.50 bits per heavy atom. The number of thiophene rings is 1. The Bertz CT molecular complexity index is 299. The van der Waals surface area contributed by atoms with Crippen LogP contribution >= 0.6 is 23.1 Å². The van der Waals surface area contributed by atoms with Gasteiger partial charge in [0, 0.05) is 10.9 Å². The molecule has 1 aromatic rings. The van der Waals surface area contributed by atoms with Gasteiger partial charge in [0.1, 0.15) is 0 Å². The highest BCUT2D eigenvalue weighted by atomic mass is 32.2. The predicted molar refractivity (Wildman–Crippen MR) is 71.8 cm³/mol. The van der Waals surface area contributed by atoms with Crippen LogP contribution in [-0.4, -0.2) is 23.5 Å². The molecular formula is C11H18N2OS2. The van der Waals surface area contributed by atoms with Crippen LogP contribution < -0.4 is 11.1 Å². The summed E-state index contributed by atoms with van der Waals surface area (Å²) >= 11 is 3.30. The zero-order valence-electron chi connectivity index (χ0n) is 9.44. The molecule has 5 heteroatoms. The molecule has 0 bridgehead atoms. The lowest BCUT2D eigenvalue weighted by Gasteiger charge is -2.05. The highest BCUT2D eigenvalue weighted by Crippen LogP contribution is 2.08. The van der Waals surface area contributed by atoms with Gasteiger partial charge in [0.05, 0.1) is 12.3 Å². The average Bonchev–Trinajstić information content (AvgIpc) is 2.74. The highest BCUT2D eigenvalue weighted by Gasteiger charge is 2.02. The second-order valence-corrected chi connectivity index (χ2v) is 5.81. The van der Waals surface area contributed by atoms with Crippen molar-refractivity contribution in [3.05, 3.63) is 22.4 Å². The van der Waals surface area contributed by atoms with Crippen LogP contribution in [0.25, 0.3) is 0 Å². The molecule has 1 heterocycles. The van der Waals surface area contributed by atoms with Gasteiger partial charge in [0.25, 0.3) is 0 Å². The van der Waals surface area contributed by atoms with Crippen LogP contribution in [0.15, 0.2) is 17.5 Å². The van der Waals surface area contributed by atoms with E-state index in [4.69, 9.17) is 5.73 Å². The number of hydrogen-bond donors (Lipinski definition) is 2. The summed E-state index contributed by atoms with van der Waals surface area (Å²) in [6.45, 7) is 2.63. The number of nitrogens with one attached hydrogen (secondary N) is 1. The third kappa shape index (κ3) is 6.15. The van der Waals surface area contributed by atoms with E-state index in [1.54, 1.807) is 23.1 Å². The number of carbonyl (C=O) groups is 1. The highest BCUT2D eigenvalue weighted by molar-refractivity contribution is 7.99. The Hall–Kier alpha value is -0.520. The molecule has 16 heavy (non-hydrogen) atoms. The number of hydrogen-bond acceptors (Lipinski definition) is 4. The topological polar surface area (TPSA) is 55.1 Å². The SMILES string of the molecule is CC(N)CCSCC(=O)NCc1cccs1. The van der Waals surface area contributed by atoms with Crippen molar-refractivity contribution in [1.82, 2.24) is 5.32 Å². The molecule has 1 atom stereocenters. The lowest BCUT2D eigenvalue weighted by molar-refractivity contribution is -0.118. The lowest BCUT2D eigenvalue weighted by Crippen LogP contribution is -2.24. The van der Waals surface area contributed by atoms with Gasteiger partial charge in [-0.3, -0.25) is 4.79 Å². The first-order chi connectivity index (χ1) is 7.68. The van der Waals surface area contributed by atoms with E-state index in [1.165, 1.54) is 4.88 Å². The van der Waals surface area contributed by atoms with Crippen LogP contribution in [-0.2, 0) is 11.3 Å². The molecule has 0 radical (unpaired) electrons. The van der Waals surface area contributed by atoms with E-state index in [0.29, 0.717) is 12.3 Å². The Morgan fingerprint density at radius 3 is 3.12 bits per heavy atom. The minimum Gasteiger partial charge on any atom is -0.350 e. The van der Waals surface area contributed by atoms with Crippen molar-refractivity contribution in [2.45, 2.75) is 25.9 Å². The van der Waals surface area contributed by atoms with Crippen molar-refractivity contribution < 1.29 is 4.79 Å². The summed E-state index contributed by atoms with van der Waals surface area (Å²) < 4.78 is 0. The first-order valence-corrected chi connectivity index (χ1v) is 7.34. The van der Waals surface area contributed by atoms with Gasteiger partial charge < -0.3 is 11.1 Å². The fourth-order valence-corrected chi connectivity index (χ4v) is 2.70. The fraction of sp³-hybridized carbons (Fsp3) is 0.545. The maximum absolute atomic E-state index is 11.4. The van der Waals surface area contributed by atoms with Gasteiger partial charge in [-0.05, 0) is 30.5 Å². The van der Waals surface area contributed by atoms with Crippen molar-refractivity contribution in [2.24, 2.45) is 5.73 Å². The zero-order valence-corrected chi connectivity index (χ0v) is 11.1. The minimum absolute atomic E-state index is 0.100. The molecule has 0 aliphatic carbocycles. The van der Waals surface area contributed by atoms with Crippen molar-refractivity contribution in [1.29, 1.82) is 0 Å². The van der Waals surface area contributed by atoms with Crippen molar-refractivity contribution >= 4 is 29.0 Å². The Balaban J connectivity index is 2.03. The molecule has 1 unspecified atom stereocenters. The normalized spacial score (nSPS) is 12.4. The molecule has 0 aliphatic rings. The van der Waals surface area contributed by atoms with Gasteiger partial charge in [-0.2, -0.15) is 11.8 Å². The van der Waals surface area contributed by atoms with E-state index < -0.39 is 0 Å². The summed E-state index contributed by atoms with van der Waals surface area (Å²) in [6.07, 6.45) is 0.961. The van der Waals surface area contributed by atoms with E-state index in [0.717, 1.165) is 12.2 Å². The van der Waals surface area contributed by atoms with Crippen LogP contribution in [0.1, 0.15) is 18.2 Å². The lowest BCUT2D eigenvalue weighted by atomic mass is 10.3. The van der Waals surface area contributed by atoms with Crippen LogP contribution in [0.2, 0.25) is 0 Å². The van der Waals surface area contributed by atoms with E-state index >= 15 is 0 Å². The van der Waals surface area contributed by atoms with Gasteiger partial charge in [0.2, 0.25) is 5.91 Å². The molecular weight excluding hydrogens is 240 g/mol. The second kappa shape index (κ2) is 7.70. The summed E-state index contributed by atoms with van der Waals surface area (Å²) in [7, 11) is 0. The van der Waals surface area contributed by atoms with Gasteiger partial charge in [-0.15, -0.1) is 11.3 Å². The largest absolute Gasteiger partial charge is 0.350 e. The Kier molecular flexibility index (Phi) is 6.52. The van der Waals surface area contributed by atoms with Crippen LogP contribution in [0.5, 0.6) is 0 Å². The third-order valence-electron chi connectivity index (χ3n) is 1.99. The monoisotopic (exact) mass is 258 g/mol. The van der Waals surface area contributed by atoms with E-state index in [2.05, 4.69) is 5.32 Å². The molecule has 0 aromatic carbocycles. The zero-order chi connectivity index (χ0) is 11.8. The summed E-state index contributed by atoms with van der Waals surface area (Å²) in [5.74, 6) is 1.57. The number of carbonyl (C=O) groups excluding carboxylic acids is 1. The van der Waals surface area contributed by atoms with Gasteiger partial charge in [-0.1, -0.05) is 6.07 Å². The standard InChI is InChI=1S/C11H18N2OS2/c1-9(12)4-6-15-8-11(14)13-7-10-3-2-5-16-10/h2-3,5,9H,4,6-8,12H2,1H3,(H,13,14). The fourth-order valence-electron chi connectivity index (χ4n) is 1.08. The molecule has 0 spiro atoms. The Morgan fingerprint density at radius 1 is 1.69 bits per heavy atom. The quantitative estimate of drug-likeness (QED) is 0.734. The first kappa shape index (κ1) is 13.5. The summed E-state index contributed by atoms with van der Waals surface area (Å²) in [4.78, 5) is 12.6. The van der Waals surface area contributed by atoms with E-state index in [9.17, 15) is 4.79 Å². The number of nitrogens with two attached hydrogens (primary N) is 1. The number of thioether (sulfide) groups is 1.